The first-order chi connectivity index (χ1) is 11.4. The van der Waals surface area contributed by atoms with Gasteiger partial charge in [-0.15, -0.1) is 11.8 Å². The van der Waals surface area contributed by atoms with E-state index in [9.17, 15) is 9.59 Å². The van der Waals surface area contributed by atoms with Gasteiger partial charge in [0.2, 0.25) is 0 Å². The molecule has 0 aliphatic heterocycles. The van der Waals surface area contributed by atoms with Gasteiger partial charge in [0, 0.05) is 18.0 Å². The van der Waals surface area contributed by atoms with Crippen LogP contribution in [-0.4, -0.2) is 49.8 Å². The number of carbonyl (C=O) groups excluding carboxylic acids is 1. The zero-order chi connectivity index (χ0) is 17.7. The Balaban J connectivity index is 2.14. The van der Waals surface area contributed by atoms with Crippen molar-refractivity contribution >= 4 is 34.7 Å². The molecule has 0 radical (unpaired) electrons. The minimum atomic E-state index is -0.852. The third-order valence-corrected chi connectivity index (χ3v) is 4.65. The van der Waals surface area contributed by atoms with E-state index in [1.165, 1.54) is 11.8 Å². The monoisotopic (exact) mass is 350 g/mol. The molecular weight excluding hydrogens is 328 g/mol. The minimum absolute atomic E-state index is 0.0379. The van der Waals surface area contributed by atoms with Crippen LogP contribution in [0.2, 0.25) is 0 Å². The van der Waals surface area contributed by atoms with Gasteiger partial charge in [0.05, 0.1) is 28.9 Å². The van der Waals surface area contributed by atoms with Crippen LogP contribution in [0.5, 0.6) is 0 Å². The number of aromatic nitrogens is 3. The maximum Gasteiger partial charge on any atom is 0.313 e. The fourth-order valence-electron chi connectivity index (χ4n) is 2.32. The predicted octanol–water partition coefficient (Wildman–Crippen LogP) is 2.26. The van der Waals surface area contributed by atoms with Gasteiger partial charge in [-0.2, -0.15) is 5.10 Å². The molecular formula is C16H22N4O3S. The number of carboxylic acids is 1. The molecule has 0 aliphatic carbocycles. The van der Waals surface area contributed by atoms with Crippen LogP contribution >= 0.6 is 11.8 Å². The number of carboxylic acid groups (broad SMARTS) is 1. The molecule has 0 aliphatic rings. The molecule has 1 amide bonds. The lowest BCUT2D eigenvalue weighted by atomic mass is 10.1. The smallest absolute Gasteiger partial charge is 0.313 e. The summed E-state index contributed by atoms with van der Waals surface area (Å²) in [5.74, 6) is -0.451. The Morgan fingerprint density at radius 3 is 2.88 bits per heavy atom. The Hall–Kier alpha value is -2.09. The molecule has 2 heterocycles. The largest absolute Gasteiger partial charge is 0.481 e. The summed E-state index contributed by atoms with van der Waals surface area (Å²) in [6.07, 6.45) is 2.61. The second-order valence-corrected chi connectivity index (χ2v) is 6.70. The van der Waals surface area contributed by atoms with E-state index in [1.54, 1.807) is 12.3 Å². The standard InChI is InChI=1S/C16H22N4O3S/c1-4-11(3)20-15-13(8-18-20)12(7-10(2)19-15)16(23)17-5-6-24-9-14(21)22/h7-8,11H,4-6,9H2,1-3H3,(H,17,23)(H,21,22). The maximum atomic E-state index is 12.5. The summed E-state index contributed by atoms with van der Waals surface area (Å²) in [4.78, 5) is 27.4. The van der Waals surface area contributed by atoms with E-state index in [-0.39, 0.29) is 17.7 Å². The Bertz CT molecular complexity index is 744. The molecule has 130 valence electrons. The van der Waals surface area contributed by atoms with Crippen LogP contribution in [0.4, 0.5) is 0 Å². The third-order valence-electron chi connectivity index (χ3n) is 3.71. The van der Waals surface area contributed by atoms with Crippen LogP contribution < -0.4 is 5.32 Å². The maximum absolute atomic E-state index is 12.5. The highest BCUT2D eigenvalue weighted by atomic mass is 32.2. The molecule has 1 atom stereocenters. The minimum Gasteiger partial charge on any atom is -0.481 e. The van der Waals surface area contributed by atoms with Crippen molar-refractivity contribution in [2.24, 2.45) is 0 Å². The highest BCUT2D eigenvalue weighted by Crippen LogP contribution is 2.22. The third kappa shape index (κ3) is 4.25. The number of hydrogen-bond donors (Lipinski definition) is 2. The highest BCUT2D eigenvalue weighted by Gasteiger charge is 2.17. The molecule has 8 heteroatoms. The van der Waals surface area contributed by atoms with Crippen molar-refractivity contribution in [1.82, 2.24) is 20.1 Å². The van der Waals surface area contributed by atoms with Gasteiger partial charge < -0.3 is 10.4 Å². The molecule has 0 saturated carbocycles. The van der Waals surface area contributed by atoms with Crippen LogP contribution in [0.25, 0.3) is 11.0 Å². The summed E-state index contributed by atoms with van der Waals surface area (Å²) in [5.41, 5.74) is 2.03. The number of pyridine rings is 1. The number of fused-ring (bicyclic) bond motifs is 1. The second kappa shape index (κ2) is 8.14. The van der Waals surface area contributed by atoms with Gasteiger partial charge in [0.25, 0.3) is 5.91 Å². The summed E-state index contributed by atoms with van der Waals surface area (Å²) in [7, 11) is 0. The SMILES string of the molecule is CCC(C)n1ncc2c(C(=O)NCCSCC(=O)O)cc(C)nc21. The lowest BCUT2D eigenvalue weighted by Crippen LogP contribution is -2.26. The number of carbonyl (C=O) groups is 2. The summed E-state index contributed by atoms with van der Waals surface area (Å²) in [6, 6.07) is 1.96. The molecule has 0 fully saturated rings. The van der Waals surface area contributed by atoms with Crippen molar-refractivity contribution in [3.05, 3.63) is 23.5 Å². The first-order valence-electron chi connectivity index (χ1n) is 7.86. The average molecular weight is 350 g/mol. The van der Waals surface area contributed by atoms with Gasteiger partial charge in [-0.05, 0) is 26.3 Å². The van der Waals surface area contributed by atoms with Gasteiger partial charge >= 0.3 is 5.97 Å². The molecule has 0 bridgehead atoms. The van der Waals surface area contributed by atoms with Crippen molar-refractivity contribution in [2.45, 2.75) is 33.2 Å². The van der Waals surface area contributed by atoms with Crippen molar-refractivity contribution in [2.75, 3.05) is 18.1 Å². The van der Waals surface area contributed by atoms with Crippen LogP contribution in [-0.2, 0) is 4.79 Å². The number of thioether (sulfide) groups is 1. The van der Waals surface area contributed by atoms with Crippen LogP contribution in [0.3, 0.4) is 0 Å². The zero-order valence-corrected chi connectivity index (χ0v) is 14.9. The molecule has 2 aromatic heterocycles. The lowest BCUT2D eigenvalue weighted by molar-refractivity contribution is -0.133. The van der Waals surface area contributed by atoms with E-state index in [2.05, 4.69) is 29.2 Å². The topological polar surface area (TPSA) is 97.1 Å². The number of aliphatic carboxylic acids is 1. The predicted molar refractivity (Wildman–Crippen MR) is 94.6 cm³/mol. The molecule has 1 unspecified atom stereocenters. The molecule has 0 spiro atoms. The molecule has 24 heavy (non-hydrogen) atoms. The normalized spacial score (nSPS) is 12.3. The van der Waals surface area contributed by atoms with Crippen molar-refractivity contribution in [1.29, 1.82) is 0 Å². The highest BCUT2D eigenvalue weighted by molar-refractivity contribution is 7.99. The van der Waals surface area contributed by atoms with E-state index in [0.29, 0.717) is 17.9 Å². The number of rotatable bonds is 8. The molecule has 2 aromatic rings. The number of nitrogens with zero attached hydrogens (tertiary/aromatic N) is 3. The summed E-state index contributed by atoms with van der Waals surface area (Å²) in [5, 5.41) is 16.5. The van der Waals surface area contributed by atoms with E-state index in [0.717, 1.165) is 23.1 Å². The van der Waals surface area contributed by atoms with Crippen molar-refractivity contribution in [3.8, 4) is 0 Å². The molecule has 0 saturated heterocycles. The van der Waals surface area contributed by atoms with E-state index in [1.807, 2.05) is 11.6 Å². The van der Waals surface area contributed by atoms with Gasteiger partial charge in [0.1, 0.15) is 0 Å². The van der Waals surface area contributed by atoms with E-state index >= 15 is 0 Å². The van der Waals surface area contributed by atoms with E-state index < -0.39 is 5.97 Å². The quantitative estimate of drug-likeness (QED) is 0.709. The Labute approximate surface area is 144 Å². The van der Waals surface area contributed by atoms with Gasteiger partial charge in [-0.25, -0.2) is 9.67 Å². The Morgan fingerprint density at radius 1 is 1.46 bits per heavy atom. The number of nitrogens with one attached hydrogen (secondary N) is 1. The lowest BCUT2D eigenvalue weighted by Gasteiger charge is -2.11. The second-order valence-electron chi connectivity index (χ2n) is 5.60. The van der Waals surface area contributed by atoms with Gasteiger partial charge in [-0.3, -0.25) is 9.59 Å². The Morgan fingerprint density at radius 2 is 2.21 bits per heavy atom. The summed E-state index contributed by atoms with van der Waals surface area (Å²) >= 11 is 1.27. The molecule has 7 nitrogen and oxygen atoms in total. The van der Waals surface area contributed by atoms with Crippen LogP contribution in [0.1, 0.15) is 42.4 Å². The number of amides is 1. The van der Waals surface area contributed by atoms with Gasteiger partial charge in [-0.1, -0.05) is 6.92 Å². The first-order valence-corrected chi connectivity index (χ1v) is 9.02. The van der Waals surface area contributed by atoms with Crippen LogP contribution in [0, 0.1) is 6.92 Å². The van der Waals surface area contributed by atoms with E-state index in [4.69, 9.17) is 5.11 Å². The number of aryl methyl sites for hydroxylation is 1. The van der Waals surface area contributed by atoms with Crippen molar-refractivity contribution in [3.63, 3.8) is 0 Å². The fourth-order valence-corrected chi connectivity index (χ4v) is 2.88. The molecule has 2 N–H and O–H groups in total. The van der Waals surface area contributed by atoms with Crippen molar-refractivity contribution < 1.29 is 14.7 Å². The molecule has 2 rings (SSSR count). The molecule has 0 aromatic carbocycles. The summed E-state index contributed by atoms with van der Waals surface area (Å²) < 4.78 is 1.85. The average Bonchev–Trinajstić information content (AvgIpc) is 2.96. The van der Waals surface area contributed by atoms with Gasteiger partial charge in [0.15, 0.2) is 5.65 Å². The Kier molecular flexibility index (Phi) is 6.19. The zero-order valence-electron chi connectivity index (χ0n) is 14.1. The first kappa shape index (κ1) is 18.3. The van der Waals surface area contributed by atoms with Crippen LogP contribution in [0.15, 0.2) is 12.3 Å². The fraction of sp³-hybridized carbons (Fsp3) is 0.500. The summed E-state index contributed by atoms with van der Waals surface area (Å²) in [6.45, 7) is 6.41. The number of hydrogen-bond acceptors (Lipinski definition) is 5.